The number of hydrogen-bond acceptors (Lipinski definition) is 4. The zero-order valence-electron chi connectivity index (χ0n) is 14.6. The molecule has 0 saturated carbocycles. The molecule has 0 radical (unpaired) electrons. The number of rotatable bonds is 6. The summed E-state index contributed by atoms with van der Waals surface area (Å²) in [7, 11) is 0. The summed E-state index contributed by atoms with van der Waals surface area (Å²) < 4.78 is 5.41. The normalized spacial score (nSPS) is 20.0. The zero-order chi connectivity index (χ0) is 18.4. The summed E-state index contributed by atoms with van der Waals surface area (Å²) in [6, 6.07) is 6.83. The number of nitrogens with one attached hydrogen (secondary N) is 1. The molecule has 136 valence electrons. The van der Waals surface area contributed by atoms with E-state index in [1.165, 1.54) is 4.90 Å². The van der Waals surface area contributed by atoms with Gasteiger partial charge in [0.1, 0.15) is 5.75 Å². The van der Waals surface area contributed by atoms with Gasteiger partial charge in [-0.1, -0.05) is 12.1 Å². The molecule has 1 saturated heterocycles. The fourth-order valence-electron chi connectivity index (χ4n) is 2.93. The van der Waals surface area contributed by atoms with Crippen molar-refractivity contribution < 1.29 is 24.2 Å². The van der Waals surface area contributed by atoms with Crippen LogP contribution in [0.5, 0.6) is 5.75 Å². The number of ether oxygens (including phenoxy) is 1. The largest absolute Gasteiger partial charge is 0.493 e. The van der Waals surface area contributed by atoms with Gasteiger partial charge in [-0.2, -0.15) is 0 Å². The maximum atomic E-state index is 12.3. The Morgan fingerprint density at radius 1 is 1.32 bits per heavy atom. The molecule has 1 aromatic carbocycles. The van der Waals surface area contributed by atoms with E-state index in [4.69, 9.17) is 4.74 Å². The fraction of sp³-hybridized carbons (Fsp3) is 0.500. The predicted molar refractivity (Wildman–Crippen MR) is 91.5 cm³/mol. The van der Waals surface area contributed by atoms with E-state index in [0.717, 1.165) is 0 Å². The number of carboxylic acids is 1. The van der Waals surface area contributed by atoms with Gasteiger partial charge in [-0.25, -0.2) is 0 Å². The molecule has 0 aliphatic carbocycles. The lowest BCUT2D eigenvalue weighted by Gasteiger charge is -2.37. The number of carbonyl (C=O) groups excluding carboxylic acids is 2. The molecular weight excluding hydrogens is 324 g/mol. The molecule has 1 heterocycles. The molecule has 2 rings (SSSR count). The number of hydrogen-bond donors (Lipinski definition) is 2. The number of benzene rings is 1. The van der Waals surface area contributed by atoms with E-state index in [1.54, 1.807) is 31.2 Å². The molecule has 0 bridgehead atoms. The zero-order valence-corrected chi connectivity index (χ0v) is 14.6. The van der Waals surface area contributed by atoms with E-state index in [9.17, 15) is 19.5 Å². The van der Waals surface area contributed by atoms with Gasteiger partial charge in [0.25, 0.3) is 5.91 Å². The Morgan fingerprint density at radius 3 is 2.72 bits per heavy atom. The van der Waals surface area contributed by atoms with Gasteiger partial charge in [-0.15, -0.1) is 0 Å². The van der Waals surface area contributed by atoms with Gasteiger partial charge >= 0.3 is 5.97 Å². The third kappa shape index (κ3) is 4.49. The van der Waals surface area contributed by atoms with E-state index >= 15 is 0 Å². The van der Waals surface area contributed by atoms with Crippen molar-refractivity contribution in [3.63, 3.8) is 0 Å². The molecule has 1 aliphatic heterocycles. The van der Waals surface area contributed by atoms with Crippen molar-refractivity contribution in [2.24, 2.45) is 5.41 Å². The third-order valence-corrected chi connectivity index (χ3v) is 4.40. The van der Waals surface area contributed by atoms with Crippen LogP contribution in [0.1, 0.15) is 37.0 Å². The Morgan fingerprint density at radius 2 is 2.04 bits per heavy atom. The van der Waals surface area contributed by atoms with Crippen molar-refractivity contribution >= 4 is 17.8 Å². The quantitative estimate of drug-likeness (QED) is 0.813. The van der Waals surface area contributed by atoms with Gasteiger partial charge in [-0.05, 0) is 38.8 Å². The minimum absolute atomic E-state index is 0.159. The molecule has 1 unspecified atom stereocenters. The maximum Gasteiger partial charge on any atom is 0.311 e. The maximum absolute atomic E-state index is 12.3. The lowest BCUT2D eigenvalue weighted by atomic mass is 9.82. The number of aliphatic carboxylic acids is 1. The van der Waals surface area contributed by atoms with Crippen LogP contribution >= 0.6 is 0 Å². The predicted octanol–water partition coefficient (Wildman–Crippen LogP) is 1.53. The summed E-state index contributed by atoms with van der Waals surface area (Å²) in [5.41, 5.74) is -0.564. The molecule has 25 heavy (non-hydrogen) atoms. The second-order valence-electron chi connectivity index (χ2n) is 6.40. The Balaban J connectivity index is 1.96. The average molecular weight is 348 g/mol. The molecule has 1 aliphatic rings. The van der Waals surface area contributed by atoms with Crippen LogP contribution in [-0.2, 0) is 9.59 Å². The molecule has 7 heteroatoms. The number of para-hydroxylation sites is 1. The van der Waals surface area contributed by atoms with Crippen LogP contribution < -0.4 is 10.1 Å². The Hall–Kier alpha value is -2.57. The SMILES string of the molecule is CCOc1ccccc1C(=O)NCC(=O)N1CCCC(C)(C(=O)O)C1. The summed E-state index contributed by atoms with van der Waals surface area (Å²) in [6.45, 7) is 4.40. The van der Waals surface area contributed by atoms with E-state index in [0.29, 0.717) is 37.3 Å². The first-order valence-corrected chi connectivity index (χ1v) is 8.38. The number of carboxylic acid groups (broad SMARTS) is 1. The highest BCUT2D eigenvalue weighted by molar-refractivity contribution is 5.98. The first kappa shape index (κ1) is 18.8. The molecule has 1 aromatic rings. The first-order valence-electron chi connectivity index (χ1n) is 8.38. The highest BCUT2D eigenvalue weighted by Gasteiger charge is 2.39. The fourth-order valence-corrected chi connectivity index (χ4v) is 2.93. The minimum atomic E-state index is -0.931. The van der Waals surface area contributed by atoms with E-state index < -0.39 is 17.3 Å². The van der Waals surface area contributed by atoms with Crippen LogP contribution in [-0.4, -0.2) is 54.0 Å². The van der Waals surface area contributed by atoms with Gasteiger partial charge in [-0.3, -0.25) is 14.4 Å². The van der Waals surface area contributed by atoms with Crippen LogP contribution in [0.25, 0.3) is 0 Å². The molecule has 1 fully saturated rings. The molecule has 1 atom stereocenters. The summed E-state index contributed by atoms with van der Waals surface area (Å²) in [6.07, 6.45) is 1.18. The molecule has 0 aromatic heterocycles. The van der Waals surface area contributed by atoms with Gasteiger partial charge in [0.15, 0.2) is 0 Å². The number of likely N-dealkylation sites (tertiary alicyclic amines) is 1. The van der Waals surface area contributed by atoms with Crippen molar-refractivity contribution in [2.75, 3.05) is 26.2 Å². The van der Waals surface area contributed by atoms with Gasteiger partial charge in [0.2, 0.25) is 5.91 Å². The van der Waals surface area contributed by atoms with Crippen LogP contribution in [0.4, 0.5) is 0 Å². The van der Waals surface area contributed by atoms with Crippen LogP contribution in [0.3, 0.4) is 0 Å². The molecule has 0 spiro atoms. The topological polar surface area (TPSA) is 95.9 Å². The Labute approximate surface area is 147 Å². The molecular formula is C18H24N2O5. The lowest BCUT2D eigenvalue weighted by molar-refractivity contribution is -0.153. The highest BCUT2D eigenvalue weighted by atomic mass is 16.5. The summed E-state index contributed by atoms with van der Waals surface area (Å²) >= 11 is 0. The van der Waals surface area contributed by atoms with Gasteiger partial charge in [0.05, 0.1) is 24.1 Å². The number of amides is 2. The number of carbonyl (C=O) groups is 3. The monoisotopic (exact) mass is 348 g/mol. The van der Waals surface area contributed by atoms with Crippen molar-refractivity contribution in [3.05, 3.63) is 29.8 Å². The highest BCUT2D eigenvalue weighted by Crippen LogP contribution is 2.29. The van der Waals surface area contributed by atoms with Gasteiger partial charge in [0, 0.05) is 13.1 Å². The Bertz CT molecular complexity index is 661. The lowest BCUT2D eigenvalue weighted by Crippen LogP contribution is -2.50. The molecule has 2 N–H and O–H groups in total. The number of piperidine rings is 1. The summed E-state index contributed by atoms with van der Waals surface area (Å²) in [5.74, 6) is -1.11. The molecule has 7 nitrogen and oxygen atoms in total. The van der Waals surface area contributed by atoms with Gasteiger partial charge < -0.3 is 20.1 Å². The second-order valence-corrected chi connectivity index (χ2v) is 6.40. The van der Waals surface area contributed by atoms with E-state index in [-0.39, 0.29) is 19.0 Å². The second kappa shape index (κ2) is 8.00. The summed E-state index contributed by atoms with van der Waals surface area (Å²) in [5, 5.41) is 11.9. The average Bonchev–Trinajstić information content (AvgIpc) is 2.60. The Kier molecular flexibility index (Phi) is 6.01. The van der Waals surface area contributed by atoms with Crippen LogP contribution in [0, 0.1) is 5.41 Å². The van der Waals surface area contributed by atoms with E-state index in [2.05, 4.69) is 5.32 Å². The third-order valence-electron chi connectivity index (χ3n) is 4.40. The molecule has 2 amide bonds. The van der Waals surface area contributed by atoms with Crippen molar-refractivity contribution in [1.82, 2.24) is 10.2 Å². The smallest absolute Gasteiger partial charge is 0.311 e. The summed E-state index contributed by atoms with van der Waals surface area (Å²) in [4.78, 5) is 37.5. The first-order chi connectivity index (χ1) is 11.9. The van der Waals surface area contributed by atoms with Crippen molar-refractivity contribution in [2.45, 2.75) is 26.7 Å². The number of nitrogens with zero attached hydrogens (tertiary/aromatic N) is 1. The van der Waals surface area contributed by atoms with Crippen molar-refractivity contribution in [3.8, 4) is 5.75 Å². The van der Waals surface area contributed by atoms with E-state index in [1.807, 2.05) is 6.92 Å². The standard InChI is InChI=1S/C18H24N2O5/c1-3-25-14-8-5-4-7-13(14)16(22)19-11-15(21)20-10-6-9-18(2,12-20)17(23)24/h4-5,7-8H,3,6,9-12H2,1-2H3,(H,19,22)(H,23,24). The van der Waals surface area contributed by atoms with Crippen LogP contribution in [0.15, 0.2) is 24.3 Å². The van der Waals surface area contributed by atoms with Crippen molar-refractivity contribution in [1.29, 1.82) is 0 Å². The van der Waals surface area contributed by atoms with Crippen LogP contribution in [0.2, 0.25) is 0 Å². The minimum Gasteiger partial charge on any atom is -0.493 e.